The molecule has 170 valence electrons. The topological polar surface area (TPSA) is 95.9 Å². The minimum Gasteiger partial charge on any atom is -0.461 e. The number of ether oxygens (including phenoxy) is 1. The number of hydroxylamine groups is 2. The van der Waals surface area contributed by atoms with Crippen molar-refractivity contribution in [3.63, 3.8) is 0 Å². The molecule has 0 saturated heterocycles. The minimum absolute atomic E-state index is 0.0338. The van der Waals surface area contributed by atoms with Gasteiger partial charge in [-0.3, -0.25) is 14.8 Å². The highest BCUT2D eigenvalue weighted by atomic mass is 16.5. The zero-order valence-electron chi connectivity index (χ0n) is 18.3. The van der Waals surface area contributed by atoms with Crippen molar-refractivity contribution in [3.8, 4) is 0 Å². The summed E-state index contributed by atoms with van der Waals surface area (Å²) in [6, 6.07) is 8.68. The second kappa shape index (κ2) is 10.8. The van der Waals surface area contributed by atoms with Crippen molar-refractivity contribution in [2.45, 2.75) is 88.8 Å². The van der Waals surface area contributed by atoms with Crippen LogP contribution in [0.4, 0.5) is 0 Å². The molecule has 2 aliphatic carbocycles. The summed E-state index contributed by atoms with van der Waals surface area (Å²) in [7, 11) is 0. The molecular formula is C24H34N2O5. The standard InChI is InChI=1S/C24H34N2O5/c1-24(26(30)17-27,19-11-5-6-12-19)16-22(28)25-21(15-18-9-3-2-4-10-18)23(29)31-20-13-7-8-14-20/h2-4,9-10,17,19-21,30H,5-8,11-16H2,1H3,(H,25,28)/t21-,24?/m1/s1. The van der Waals surface area contributed by atoms with Gasteiger partial charge in [-0.1, -0.05) is 43.2 Å². The van der Waals surface area contributed by atoms with E-state index in [1.54, 1.807) is 6.92 Å². The lowest BCUT2D eigenvalue weighted by Crippen LogP contribution is -2.53. The van der Waals surface area contributed by atoms with Crippen LogP contribution in [0, 0.1) is 5.92 Å². The Hall–Kier alpha value is -2.41. The zero-order valence-corrected chi connectivity index (χ0v) is 18.3. The molecule has 2 aliphatic rings. The van der Waals surface area contributed by atoms with Crippen molar-refractivity contribution in [2.75, 3.05) is 0 Å². The number of amides is 2. The molecule has 2 saturated carbocycles. The highest BCUT2D eigenvalue weighted by Gasteiger charge is 2.43. The third-order valence-corrected chi connectivity index (χ3v) is 6.86. The van der Waals surface area contributed by atoms with E-state index in [1.165, 1.54) is 0 Å². The van der Waals surface area contributed by atoms with E-state index in [0.717, 1.165) is 56.9 Å². The van der Waals surface area contributed by atoms with Gasteiger partial charge in [0.05, 0.1) is 12.0 Å². The van der Waals surface area contributed by atoms with Gasteiger partial charge >= 0.3 is 5.97 Å². The second-order valence-corrected chi connectivity index (χ2v) is 9.12. The number of carbonyl (C=O) groups excluding carboxylic acids is 3. The van der Waals surface area contributed by atoms with Crippen LogP contribution in [0.3, 0.4) is 0 Å². The lowest BCUT2D eigenvalue weighted by Gasteiger charge is -2.39. The zero-order chi connectivity index (χ0) is 22.3. The fraction of sp³-hybridized carbons (Fsp3) is 0.625. The Morgan fingerprint density at radius 2 is 1.77 bits per heavy atom. The van der Waals surface area contributed by atoms with Crippen molar-refractivity contribution < 1.29 is 24.3 Å². The first kappa shape index (κ1) is 23.3. The van der Waals surface area contributed by atoms with Crippen LogP contribution in [0.2, 0.25) is 0 Å². The molecule has 7 nitrogen and oxygen atoms in total. The van der Waals surface area contributed by atoms with E-state index in [9.17, 15) is 19.6 Å². The van der Waals surface area contributed by atoms with Crippen molar-refractivity contribution in [3.05, 3.63) is 35.9 Å². The molecular weight excluding hydrogens is 396 g/mol. The highest BCUT2D eigenvalue weighted by Crippen LogP contribution is 2.38. The molecule has 31 heavy (non-hydrogen) atoms. The normalized spacial score (nSPS) is 20.1. The largest absolute Gasteiger partial charge is 0.461 e. The molecule has 2 amide bonds. The van der Waals surface area contributed by atoms with Gasteiger partial charge in [-0.25, -0.2) is 9.86 Å². The number of rotatable bonds is 10. The molecule has 0 radical (unpaired) electrons. The number of esters is 1. The molecule has 1 aromatic rings. The molecule has 1 unspecified atom stereocenters. The number of hydrogen-bond acceptors (Lipinski definition) is 5. The Labute approximate surface area is 184 Å². The molecule has 2 atom stereocenters. The van der Waals surface area contributed by atoms with E-state index < -0.39 is 17.6 Å². The Morgan fingerprint density at radius 3 is 2.39 bits per heavy atom. The summed E-state index contributed by atoms with van der Waals surface area (Å²) in [6.45, 7) is 1.74. The maximum absolute atomic E-state index is 13.0. The monoisotopic (exact) mass is 430 g/mol. The van der Waals surface area contributed by atoms with E-state index in [2.05, 4.69) is 5.32 Å². The molecule has 2 fully saturated rings. The molecule has 0 spiro atoms. The summed E-state index contributed by atoms with van der Waals surface area (Å²) < 4.78 is 5.68. The Balaban J connectivity index is 1.71. The van der Waals surface area contributed by atoms with Crippen LogP contribution in [-0.4, -0.2) is 46.2 Å². The van der Waals surface area contributed by atoms with Crippen molar-refractivity contribution >= 4 is 18.3 Å². The Bertz CT molecular complexity index is 744. The molecule has 0 heterocycles. The van der Waals surface area contributed by atoms with Gasteiger partial charge in [0.15, 0.2) is 0 Å². The maximum Gasteiger partial charge on any atom is 0.329 e. The molecule has 0 aliphatic heterocycles. The molecule has 3 rings (SSSR count). The Morgan fingerprint density at radius 1 is 1.16 bits per heavy atom. The van der Waals surface area contributed by atoms with Gasteiger partial charge < -0.3 is 10.1 Å². The molecule has 1 aromatic carbocycles. The van der Waals surface area contributed by atoms with Crippen LogP contribution < -0.4 is 5.32 Å². The molecule has 7 heteroatoms. The first-order valence-electron chi connectivity index (χ1n) is 11.4. The van der Waals surface area contributed by atoms with Crippen LogP contribution in [0.25, 0.3) is 0 Å². The fourth-order valence-electron chi connectivity index (χ4n) is 4.95. The van der Waals surface area contributed by atoms with Gasteiger partial charge in [-0.15, -0.1) is 0 Å². The summed E-state index contributed by atoms with van der Waals surface area (Å²) in [5.41, 5.74) is -0.0824. The summed E-state index contributed by atoms with van der Waals surface area (Å²) in [5, 5.41) is 13.7. The molecule has 0 aromatic heterocycles. The number of benzene rings is 1. The molecule has 2 N–H and O–H groups in total. The number of nitrogens with zero attached hydrogens (tertiary/aromatic N) is 1. The summed E-state index contributed by atoms with van der Waals surface area (Å²) >= 11 is 0. The van der Waals surface area contributed by atoms with Gasteiger partial charge in [0.1, 0.15) is 12.1 Å². The van der Waals surface area contributed by atoms with E-state index in [4.69, 9.17) is 4.74 Å². The van der Waals surface area contributed by atoms with Crippen molar-refractivity contribution in [2.24, 2.45) is 5.92 Å². The average Bonchev–Trinajstić information content (AvgIpc) is 3.48. The number of hydrogen-bond donors (Lipinski definition) is 2. The summed E-state index contributed by atoms with van der Waals surface area (Å²) in [4.78, 5) is 37.2. The van der Waals surface area contributed by atoms with E-state index in [-0.39, 0.29) is 24.3 Å². The van der Waals surface area contributed by atoms with E-state index in [0.29, 0.717) is 17.9 Å². The summed E-state index contributed by atoms with van der Waals surface area (Å²) in [6.07, 6.45) is 8.07. The van der Waals surface area contributed by atoms with Crippen LogP contribution in [0.15, 0.2) is 30.3 Å². The van der Waals surface area contributed by atoms with E-state index in [1.807, 2.05) is 30.3 Å². The first-order valence-corrected chi connectivity index (χ1v) is 11.4. The van der Waals surface area contributed by atoms with Crippen molar-refractivity contribution in [1.29, 1.82) is 0 Å². The van der Waals surface area contributed by atoms with Crippen LogP contribution in [-0.2, 0) is 25.5 Å². The fourth-order valence-corrected chi connectivity index (χ4v) is 4.95. The first-order chi connectivity index (χ1) is 14.9. The van der Waals surface area contributed by atoms with Gasteiger partial charge in [0.25, 0.3) is 0 Å². The summed E-state index contributed by atoms with van der Waals surface area (Å²) in [5.74, 6) is -0.769. The lowest BCUT2D eigenvalue weighted by atomic mass is 9.81. The third-order valence-electron chi connectivity index (χ3n) is 6.86. The van der Waals surface area contributed by atoms with Crippen LogP contribution in [0.5, 0.6) is 0 Å². The smallest absolute Gasteiger partial charge is 0.329 e. The van der Waals surface area contributed by atoms with Crippen molar-refractivity contribution in [1.82, 2.24) is 10.4 Å². The van der Waals surface area contributed by atoms with E-state index >= 15 is 0 Å². The third kappa shape index (κ3) is 6.06. The van der Waals surface area contributed by atoms with Gasteiger partial charge in [-0.2, -0.15) is 0 Å². The predicted molar refractivity (Wildman–Crippen MR) is 115 cm³/mol. The van der Waals surface area contributed by atoms with Gasteiger partial charge in [0.2, 0.25) is 12.3 Å². The molecule has 0 bridgehead atoms. The predicted octanol–water partition coefficient (Wildman–Crippen LogP) is 3.39. The van der Waals surface area contributed by atoms with Crippen LogP contribution >= 0.6 is 0 Å². The van der Waals surface area contributed by atoms with Gasteiger partial charge in [-0.05, 0) is 56.9 Å². The van der Waals surface area contributed by atoms with Crippen LogP contribution in [0.1, 0.15) is 70.3 Å². The van der Waals surface area contributed by atoms with Gasteiger partial charge in [0, 0.05) is 6.42 Å². The quantitative estimate of drug-likeness (QED) is 0.257. The number of nitrogens with one attached hydrogen (secondary N) is 1. The SMILES string of the molecule is CC(CC(=O)N[C@H](Cc1ccccc1)C(=O)OC1CCCC1)(C1CCCC1)N(O)C=O. The Kier molecular flexibility index (Phi) is 8.07. The average molecular weight is 431 g/mol. The second-order valence-electron chi connectivity index (χ2n) is 9.12. The maximum atomic E-state index is 13.0. The minimum atomic E-state index is -1.00. The highest BCUT2D eigenvalue weighted by molar-refractivity contribution is 5.85. The lowest BCUT2D eigenvalue weighted by molar-refractivity contribution is -0.189. The number of carbonyl (C=O) groups is 3.